The van der Waals surface area contributed by atoms with Gasteiger partial charge in [0.15, 0.2) is 0 Å². The Bertz CT molecular complexity index is 394. The number of nitrogens with one attached hydrogen (secondary N) is 1. The molecule has 1 unspecified atom stereocenters. The molecule has 1 saturated carbocycles. The summed E-state index contributed by atoms with van der Waals surface area (Å²) in [4.78, 5) is 0. The van der Waals surface area contributed by atoms with E-state index in [0.717, 1.165) is 23.9 Å². The molecule has 1 atom stereocenters. The van der Waals surface area contributed by atoms with Crippen LogP contribution in [0.3, 0.4) is 0 Å². The number of methoxy groups -OCH3 is 1. The van der Waals surface area contributed by atoms with Crippen LogP contribution in [0.5, 0.6) is 0 Å². The summed E-state index contributed by atoms with van der Waals surface area (Å²) in [6.07, 6.45) is 7.13. The second-order valence-electron chi connectivity index (χ2n) is 5.93. The Hall–Kier alpha value is -0.380. The molecule has 1 fully saturated rings. The third-order valence-electron chi connectivity index (χ3n) is 4.39. The monoisotopic (exact) mass is 339 g/mol. The maximum absolute atomic E-state index is 5.79. The molecule has 0 bridgehead atoms. The molecule has 1 aromatic rings. The van der Waals surface area contributed by atoms with Crippen LogP contribution in [0.15, 0.2) is 28.7 Å². The van der Waals surface area contributed by atoms with E-state index in [1.54, 1.807) is 0 Å². The van der Waals surface area contributed by atoms with Gasteiger partial charge in [-0.3, -0.25) is 0 Å². The highest BCUT2D eigenvalue weighted by molar-refractivity contribution is 9.10. The number of rotatable bonds is 8. The highest BCUT2D eigenvalue weighted by atomic mass is 79.9. The van der Waals surface area contributed by atoms with E-state index >= 15 is 0 Å². The first-order chi connectivity index (χ1) is 9.67. The molecule has 1 N–H and O–H groups in total. The van der Waals surface area contributed by atoms with Crippen LogP contribution in [0.1, 0.15) is 44.6 Å². The van der Waals surface area contributed by atoms with Crippen LogP contribution in [-0.2, 0) is 11.2 Å². The summed E-state index contributed by atoms with van der Waals surface area (Å²) in [6.45, 7) is 3.31. The van der Waals surface area contributed by atoms with Gasteiger partial charge >= 0.3 is 0 Å². The lowest BCUT2D eigenvalue weighted by molar-refractivity contribution is -0.0834. The predicted molar refractivity (Wildman–Crippen MR) is 88.1 cm³/mol. The Labute approximate surface area is 131 Å². The minimum Gasteiger partial charge on any atom is -0.378 e. The van der Waals surface area contributed by atoms with E-state index in [9.17, 15) is 0 Å². The van der Waals surface area contributed by atoms with Crippen LogP contribution in [0, 0.1) is 0 Å². The summed E-state index contributed by atoms with van der Waals surface area (Å²) in [5.41, 5.74) is 1.54. The molecule has 0 radical (unpaired) electrons. The first-order valence-electron chi connectivity index (χ1n) is 7.70. The zero-order valence-electron chi connectivity index (χ0n) is 12.6. The molecule has 2 rings (SSSR count). The van der Waals surface area contributed by atoms with Crippen LogP contribution in [0.2, 0.25) is 0 Å². The Morgan fingerprint density at radius 1 is 1.30 bits per heavy atom. The topological polar surface area (TPSA) is 21.3 Å². The van der Waals surface area contributed by atoms with E-state index in [1.807, 2.05) is 7.11 Å². The standard InChI is InChI=1S/C17H26BrNO/c1-3-11-19-16(13-17(20-2)9-4-10-17)12-14-5-7-15(18)8-6-14/h5-8,16,19H,3-4,9-13H2,1-2H3. The van der Waals surface area contributed by atoms with Crippen LogP contribution in [-0.4, -0.2) is 25.3 Å². The van der Waals surface area contributed by atoms with Crippen LogP contribution >= 0.6 is 15.9 Å². The molecule has 112 valence electrons. The fourth-order valence-electron chi connectivity index (χ4n) is 2.98. The third kappa shape index (κ3) is 4.31. The second-order valence-corrected chi connectivity index (χ2v) is 6.84. The lowest BCUT2D eigenvalue weighted by Crippen LogP contribution is -2.46. The summed E-state index contributed by atoms with van der Waals surface area (Å²) >= 11 is 3.50. The van der Waals surface area contributed by atoms with Crippen molar-refractivity contribution in [2.45, 2.75) is 57.1 Å². The Balaban J connectivity index is 1.97. The number of hydrogen-bond acceptors (Lipinski definition) is 2. The van der Waals surface area contributed by atoms with E-state index < -0.39 is 0 Å². The van der Waals surface area contributed by atoms with Crippen LogP contribution < -0.4 is 5.32 Å². The Morgan fingerprint density at radius 2 is 2.00 bits per heavy atom. The van der Waals surface area contributed by atoms with E-state index in [4.69, 9.17) is 4.74 Å². The normalized spacial score (nSPS) is 18.6. The molecular formula is C17H26BrNO. The highest BCUT2D eigenvalue weighted by Crippen LogP contribution is 2.39. The van der Waals surface area contributed by atoms with Crippen molar-refractivity contribution in [3.05, 3.63) is 34.3 Å². The third-order valence-corrected chi connectivity index (χ3v) is 4.92. The van der Waals surface area contributed by atoms with E-state index in [0.29, 0.717) is 6.04 Å². The molecule has 0 saturated heterocycles. The fourth-order valence-corrected chi connectivity index (χ4v) is 3.25. The van der Waals surface area contributed by atoms with Gasteiger partial charge < -0.3 is 10.1 Å². The van der Waals surface area contributed by atoms with Gasteiger partial charge in [-0.05, 0) is 62.8 Å². The lowest BCUT2D eigenvalue weighted by atomic mass is 9.75. The van der Waals surface area contributed by atoms with Crippen molar-refractivity contribution in [2.24, 2.45) is 0 Å². The Kier molecular flexibility index (Phi) is 6.06. The molecule has 1 aromatic carbocycles. The first kappa shape index (κ1) is 16.0. The number of halogens is 1. The van der Waals surface area contributed by atoms with Gasteiger partial charge in [0, 0.05) is 17.6 Å². The summed E-state index contributed by atoms with van der Waals surface area (Å²) in [7, 11) is 1.87. The predicted octanol–water partition coefficient (Wildman–Crippen LogP) is 4.32. The van der Waals surface area contributed by atoms with Crippen molar-refractivity contribution in [3.8, 4) is 0 Å². The zero-order valence-corrected chi connectivity index (χ0v) is 14.2. The fraction of sp³-hybridized carbons (Fsp3) is 0.647. The van der Waals surface area contributed by atoms with Gasteiger partial charge in [-0.2, -0.15) is 0 Å². The largest absolute Gasteiger partial charge is 0.378 e. The molecule has 1 aliphatic carbocycles. The van der Waals surface area contributed by atoms with E-state index in [2.05, 4.69) is 52.4 Å². The minimum absolute atomic E-state index is 0.140. The van der Waals surface area contributed by atoms with Gasteiger partial charge in [-0.25, -0.2) is 0 Å². The highest BCUT2D eigenvalue weighted by Gasteiger charge is 2.38. The summed E-state index contributed by atoms with van der Waals surface area (Å²) in [5, 5.41) is 3.70. The molecule has 0 aliphatic heterocycles. The average Bonchev–Trinajstić information content (AvgIpc) is 2.42. The summed E-state index contributed by atoms with van der Waals surface area (Å²) < 4.78 is 6.94. The molecular weight excluding hydrogens is 314 g/mol. The zero-order chi connectivity index (χ0) is 14.4. The van der Waals surface area contributed by atoms with Crippen molar-refractivity contribution >= 4 is 15.9 Å². The Morgan fingerprint density at radius 3 is 2.50 bits per heavy atom. The smallest absolute Gasteiger partial charge is 0.0693 e. The van der Waals surface area contributed by atoms with E-state index in [1.165, 1.54) is 31.2 Å². The van der Waals surface area contributed by atoms with Crippen LogP contribution in [0.25, 0.3) is 0 Å². The van der Waals surface area contributed by atoms with Gasteiger partial charge in [0.25, 0.3) is 0 Å². The summed E-state index contributed by atoms with van der Waals surface area (Å²) in [6, 6.07) is 9.19. The van der Waals surface area contributed by atoms with Crippen molar-refractivity contribution in [1.29, 1.82) is 0 Å². The van der Waals surface area contributed by atoms with Crippen molar-refractivity contribution in [2.75, 3.05) is 13.7 Å². The summed E-state index contributed by atoms with van der Waals surface area (Å²) in [5.74, 6) is 0. The second kappa shape index (κ2) is 7.58. The van der Waals surface area contributed by atoms with E-state index in [-0.39, 0.29) is 5.60 Å². The SMILES string of the molecule is CCCNC(Cc1ccc(Br)cc1)CC1(OC)CCC1. The van der Waals surface area contributed by atoms with Crippen molar-refractivity contribution in [3.63, 3.8) is 0 Å². The molecule has 0 heterocycles. The van der Waals surface area contributed by atoms with Gasteiger partial charge in [0.05, 0.1) is 5.60 Å². The average molecular weight is 340 g/mol. The van der Waals surface area contributed by atoms with Crippen molar-refractivity contribution in [1.82, 2.24) is 5.32 Å². The quantitative estimate of drug-likeness (QED) is 0.761. The maximum Gasteiger partial charge on any atom is 0.0693 e. The number of benzene rings is 1. The van der Waals surface area contributed by atoms with Gasteiger partial charge in [0.2, 0.25) is 0 Å². The molecule has 0 amide bonds. The van der Waals surface area contributed by atoms with Gasteiger partial charge in [0.1, 0.15) is 0 Å². The van der Waals surface area contributed by atoms with Gasteiger partial charge in [-0.1, -0.05) is 35.0 Å². The number of hydrogen-bond donors (Lipinski definition) is 1. The molecule has 2 nitrogen and oxygen atoms in total. The lowest BCUT2D eigenvalue weighted by Gasteiger charge is -2.43. The molecule has 3 heteroatoms. The molecule has 0 spiro atoms. The van der Waals surface area contributed by atoms with Gasteiger partial charge in [-0.15, -0.1) is 0 Å². The first-order valence-corrected chi connectivity index (χ1v) is 8.50. The van der Waals surface area contributed by atoms with Crippen molar-refractivity contribution < 1.29 is 4.74 Å². The van der Waals surface area contributed by atoms with Crippen LogP contribution in [0.4, 0.5) is 0 Å². The molecule has 1 aliphatic rings. The molecule has 0 aromatic heterocycles. The maximum atomic E-state index is 5.79. The molecule has 20 heavy (non-hydrogen) atoms. The minimum atomic E-state index is 0.140. The number of ether oxygens (including phenoxy) is 1.